The fourth-order valence-electron chi connectivity index (χ4n) is 4.46. The Morgan fingerprint density at radius 3 is 1.95 bits per heavy atom. The summed E-state index contributed by atoms with van der Waals surface area (Å²) in [7, 11) is -9.87. The number of hydrogen-bond acceptors (Lipinski definition) is 13. The molecule has 5 rings (SSSR count). The highest BCUT2D eigenvalue weighted by Gasteiger charge is 2.36. The minimum absolute atomic E-state index is 0.00126. The van der Waals surface area contributed by atoms with E-state index in [-0.39, 0.29) is 56.5 Å². The number of rotatable bonds is 6. The number of ketones is 2. The van der Waals surface area contributed by atoms with Crippen molar-refractivity contribution < 1.29 is 35.5 Å². The maximum absolute atomic E-state index is 13.6. The third-order valence-electron chi connectivity index (χ3n) is 6.27. The van der Waals surface area contributed by atoms with Crippen LogP contribution in [0, 0.1) is 6.92 Å². The van der Waals surface area contributed by atoms with Crippen molar-refractivity contribution in [3.05, 3.63) is 75.6 Å². The minimum Gasteiger partial charge on any atom is -0.397 e. The van der Waals surface area contributed by atoms with Crippen LogP contribution in [0.1, 0.15) is 37.4 Å². The molecule has 216 valence electrons. The van der Waals surface area contributed by atoms with Crippen molar-refractivity contribution in [1.29, 1.82) is 0 Å². The smallest absolute Gasteiger partial charge is 0.296 e. The molecule has 0 radical (unpaired) electrons. The van der Waals surface area contributed by atoms with E-state index in [0.29, 0.717) is 0 Å². The van der Waals surface area contributed by atoms with Crippen molar-refractivity contribution in [3.63, 3.8) is 0 Å². The summed E-state index contributed by atoms with van der Waals surface area (Å²) in [5.74, 6) is -1.92. The van der Waals surface area contributed by atoms with Gasteiger partial charge in [0.2, 0.25) is 17.2 Å². The van der Waals surface area contributed by atoms with Crippen LogP contribution >= 0.6 is 11.6 Å². The van der Waals surface area contributed by atoms with Gasteiger partial charge in [-0.15, -0.1) is 0 Å². The number of anilines is 6. The molecule has 1 aromatic heterocycles. The molecule has 0 fully saturated rings. The van der Waals surface area contributed by atoms with Gasteiger partial charge in [0.1, 0.15) is 9.79 Å². The first-order valence-corrected chi connectivity index (χ1v) is 14.8. The first kappa shape index (κ1) is 28.8. The molecule has 0 atom stereocenters. The number of fused-ring (bicyclic) bond motifs is 2. The second kappa shape index (κ2) is 10.00. The van der Waals surface area contributed by atoms with Crippen LogP contribution in [0.3, 0.4) is 0 Å². The Hall–Kier alpha value is -4.68. The average molecular weight is 632 g/mol. The van der Waals surface area contributed by atoms with Gasteiger partial charge in [-0.05, 0) is 42.3 Å². The summed E-state index contributed by atoms with van der Waals surface area (Å²) in [6.07, 6.45) is 0. The van der Waals surface area contributed by atoms with Crippen LogP contribution in [0.4, 0.5) is 34.6 Å². The molecule has 0 aliphatic heterocycles. The molecule has 1 heterocycles. The standard InChI is InChI=1S/C24H18ClN7O8S2/c1-9-13(29-24-31-22(25)30-23(27)32-24)6-10(7-15(9)41(35,36)37)28-14-8-16(42(38,39)40)19(26)18-17(14)20(33)11-4-2-3-5-12(11)21(18)34/h2-8,28H,26H2,1H3,(H,35,36,37)(H,38,39,40)(H3,27,29,30,31,32). The summed E-state index contributed by atoms with van der Waals surface area (Å²) in [5, 5.41) is 5.15. The fraction of sp³-hybridized carbons (Fsp3) is 0.0417. The van der Waals surface area contributed by atoms with E-state index in [4.69, 9.17) is 23.1 Å². The van der Waals surface area contributed by atoms with Crippen molar-refractivity contribution >= 4 is 78.0 Å². The van der Waals surface area contributed by atoms with Crippen LogP contribution in [-0.2, 0) is 20.2 Å². The van der Waals surface area contributed by atoms with E-state index in [1.165, 1.54) is 37.3 Å². The van der Waals surface area contributed by atoms with Gasteiger partial charge in [0.15, 0.2) is 11.6 Å². The van der Waals surface area contributed by atoms with Gasteiger partial charge in [-0.25, -0.2) is 0 Å². The van der Waals surface area contributed by atoms with Crippen molar-refractivity contribution in [3.8, 4) is 0 Å². The zero-order chi connectivity index (χ0) is 30.7. The predicted molar refractivity (Wildman–Crippen MR) is 151 cm³/mol. The first-order chi connectivity index (χ1) is 19.6. The highest BCUT2D eigenvalue weighted by Crippen LogP contribution is 2.41. The minimum atomic E-state index is -5.02. The Morgan fingerprint density at radius 2 is 1.38 bits per heavy atom. The van der Waals surface area contributed by atoms with Gasteiger partial charge >= 0.3 is 0 Å². The molecule has 0 bridgehead atoms. The molecule has 15 nitrogen and oxygen atoms in total. The van der Waals surface area contributed by atoms with Crippen molar-refractivity contribution in [2.24, 2.45) is 0 Å². The highest BCUT2D eigenvalue weighted by molar-refractivity contribution is 7.86. The van der Waals surface area contributed by atoms with Gasteiger partial charge in [-0.1, -0.05) is 24.3 Å². The highest BCUT2D eigenvalue weighted by atomic mass is 35.5. The number of halogens is 1. The SMILES string of the molecule is Cc1c(Nc2nc(N)nc(Cl)n2)cc(Nc2cc(S(=O)(=O)O)c(N)c3c2C(=O)c2ccccc2C3=O)cc1S(=O)(=O)O. The number of nitrogens with one attached hydrogen (secondary N) is 2. The van der Waals surface area contributed by atoms with Gasteiger partial charge in [0.25, 0.3) is 20.2 Å². The predicted octanol–water partition coefficient (Wildman–Crippen LogP) is 2.75. The second-order valence-corrected chi connectivity index (χ2v) is 12.0. The zero-order valence-corrected chi connectivity index (χ0v) is 23.5. The third-order valence-corrected chi connectivity index (χ3v) is 8.31. The lowest BCUT2D eigenvalue weighted by Crippen LogP contribution is -2.25. The molecule has 0 saturated heterocycles. The van der Waals surface area contributed by atoms with Crippen LogP contribution in [0.2, 0.25) is 5.28 Å². The lowest BCUT2D eigenvalue weighted by Gasteiger charge is -2.24. The summed E-state index contributed by atoms with van der Waals surface area (Å²) in [6.45, 7) is 1.35. The molecule has 0 amide bonds. The van der Waals surface area contributed by atoms with Crippen LogP contribution in [0.5, 0.6) is 0 Å². The number of carbonyl (C=O) groups excluding carboxylic acids is 2. The van der Waals surface area contributed by atoms with E-state index < -0.39 is 52.8 Å². The molecule has 1 aliphatic rings. The van der Waals surface area contributed by atoms with Gasteiger partial charge < -0.3 is 22.1 Å². The fourth-order valence-corrected chi connectivity index (χ4v) is 6.05. The van der Waals surface area contributed by atoms with Crippen LogP contribution in [0.15, 0.2) is 52.3 Å². The molecular formula is C24H18ClN7O8S2. The molecule has 0 unspecified atom stereocenters. The normalized spacial score (nSPS) is 13.0. The monoisotopic (exact) mass is 631 g/mol. The van der Waals surface area contributed by atoms with E-state index in [1.807, 2.05) is 0 Å². The molecular weight excluding hydrogens is 614 g/mol. The van der Waals surface area contributed by atoms with Gasteiger partial charge in [0, 0.05) is 22.5 Å². The number of nitrogens with two attached hydrogens (primary N) is 2. The number of hydrogen-bond donors (Lipinski definition) is 6. The Bertz CT molecular complexity index is 2070. The lowest BCUT2D eigenvalue weighted by molar-refractivity contribution is 0.0980. The van der Waals surface area contributed by atoms with Gasteiger partial charge in [0.05, 0.1) is 22.5 Å². The maximum atomic E-state index is 13.6. The number of aromatic nitrogens is 3. The van der Waals surface area contributed by atoms with Crippen LogP contribution in [0.25, 0.3) is 0 Å². The summed E-state index contributed by atoms with van der Waals surface area (Å²) in [4.78, 5) is 36.8. The molecule has 4 aromatic rings. The molecule has 3 aromatic carbocycles. The van der Waals surface area contributed by atoms with E-state index in [2.05, 4.69) is 25.6 Å². The summed E-state index contributed by atoms with van der Waals surface area (Å²) in [6, 6.07) is 8.90. The molecule has 8 N–H and O–H groups in total. The number of benzene rings is 3. The Kier molecular flexibility index (Phi) is 6.86. The van der Waals surface area contributed by atoms with E-state index in [1.54, 1.807) is 0 Å². The Balaban J connectivity index is 1.74. The molecule has 0 spiro atoms. The largest absolute Gasteiger partial charge is 0.397 e. The molecule has 42 heavy (non-hydrogen) atoms. The van der Waals surface area contributed by atoms with Crippen LogP contribution < -0.4 is 22.1 Å². The molecule has 18 heteroatoms. The summed E-state index contributed by atoms with van der Waals surface area (Å²) in [5.41, 5.74) is 9.65. The second-order valence-electron chi connectivity index (χ2n) is 8.92. The first-order valence-electron chi connectivity index (χ1n) is 11.5. The van der Waals surface area contributed by atoms with Crippen LogP contribution in [-0.4, -0.2) is 52.5 Å². The lowest BCUT2D eigenvalue weighted by atomic mass is 9.82. The third kappa shape index (κ3) is 5.10. The van der Waals surface area contributed by atoms with Crippen molar-refractivity contribution in [2.75, 3.05) is 22.1 Å². The quantitative estimate of drug-likeness (QED) is 0.116. The van der Waals surface area contributed by atoms with Crippen molar-refractivity contribution in [1.82, 2.24) is 15.0 Å². The average Bonchev–Trinajstić information content (AvgIpc) is 2.88. The maximum Gasteiger partial charge on any atom is 0.296 e. The number of nitrogens with zero attached hydrogens (tertiary/aromatic N) is 3. The summed E-state index contributed by atoms with van der Waals surface area (Å²) >= 11 is 5.82. The number of carbonyl (C=O) groups is 2. The van der Waals surface area contributed by atoms with E-state index >= 15 is 0 Å². The zero-order valence-electron chi connectivity index (χ0n) is 21.1. The van der Waals surface area contributed by atoms with Crippen molar-refractivity contribution in [2.45, 2.75) is 16.7 Å². The molecule has 1 aliphatic carbocycles. The number of nitrogen functional groups attached to an aromatic ring is 2. The van der Waals surface area contributed by atoms with Gasteiger partial charge in [-0.3, -0.25) is 18.7 Å². The van der Waals surface area contributed by atoms with E-state index in [0.717, 1.165) is 12.1 Å². The Labute approximate surface area is 242 Å². The summed E-state index contributed by atoms with van der Waals surface area (Å²) < 4.78 is 68.7. The Morgan fingerprint density at radius 1 is 0.786 bits per heavy atom. The topological polar surface area (TPSA) is 258 Å². The van der Waals surface area contributed by atoms with E-state index in [9.17, 15) is 35.5 Å². The van der Waals surface area contributed by atoms with Gasteiger partial charge in [-0.2, -0.15) is 31.8 Å². The molecule has 0 saturated carbocycles.